The van der Waals surface area contributed by atoms with E-state index in [-0.39, 0.29) is 11.9 Å². The monoisotopic (exact) mass is 347 g/mol. The van der Waals surface area contributed by atoms with Crippen LogP contribution in [0.15, 0.2) is 53.7 Å². The van der Waals surface area contributed by atoms with Gasteiger partial charge in [0.15, 0.2) is 5.82 Å². The van der Waals surface area contributed by atoms with Gasteiger partial charge in [-0.1, -0.05) is 24.3 Å². The highest BCUT2D eigenvalue weighted by Gasteiger charge is 2.15. The topological polar surface area (TPSA) is 96.2 Å². The second kappa shape index (κ2) is 6.76. The molecule has 3 aromatic rings. The molecule has 0 aliphatic carbocycles. The molecule has 2 heterocycles. The van der Waals surface area contributed by atoms with Crippen LogP contribution in [0.1, 0.15) is 0 Å². The van der Waals surface area contributed by atoms with Gasteiger partial charge in [0.1, 0.15) is 10.7 Å². The van der Waals surface area contributed by atoms with Gasteiger partial charge in [-0.3, -0.25) is 9.55 Å². The maximum Gasteiger partial charge on any atom is 0.326 e. The number of pyridine rings is 1. The van der Waals surface area contributed by atoms with Gasteiger partial charge in [-0.25, -0.2) is 9.97 Å². The Morgan fingerprint density at radius 2 is 1.83 bits per heavy atom. The average molecular weight is 347 g/mol. The largest absolute Gasteiger partial charge is 0.326 e. The SMILES string of the molecule is O=P(O)(O)CCSc1nc(-c2ccccn2)nc2ccccc12. The van der Waals surface area contributed by atoms with Crippen molar-refractivity contribution >= 4 is 30.3 Å². The summed E-state index contributed by atoms with van der Waals surface area (Å²) in [6.45, 7) is 0. The van der Waals surface area contributed by atoms with E-state index in [2.05, 4.69) is 15.0 Å². The first-order valence-corrected chi connectivity index (χ1v) is 9.67. The molecular formula is C15H14N3O3PS. The van der Waals surface area contributed by atoms with Crippen molar-refractivity contribution in [2.24, 2.45) is 0 Å². The van der Waals surface area contributed by atoms with E-state index in [0.29, 0.717) is 16.5 Å². The lowest BCUT2D eigenvalue weighted by molar-refractivity contribution is 0.375. The van der Waals surface area contributed by atoms with E-state index >= 15 is 0 Å². The average Bonchev–Trinajstić information content (AvgIpc) is 2.54. The molecular weight excluding hydrogens is 333 g/mol. The Morgan fingerprint density at radius 3 is 2.57 bits per heavy atom. The summed E-state index contributed by atoms with van der Waals surface area (Å²) in [4.78, 5) is 31.3. The first-order chi connectivity index (χ1) is 11.0. The van der Waals surface area contributed by atoms with E-state index in [4.69, 9.17) is 9.79 Å². The summed E-state index contributed by atoms with van der Waals surface area (Å²) < 4.78 is 11.0. The number of fused-ring (bicyclic) bond motifs is 1. The van der Waals surface area contributed by atoms with Gasteiger partial charge in [-0.05, 0) is 18.2 Å². The fourth-order valence-corrected chi connectivity index (χ4v) is 4.02. The van der Waals surface area contributed by atoms with Gasteiger partial charge in [0.25, 0.3) is 0 Å². The molecule has 1 aromatic carbocycles. The summed E-state index contributed by atoms with van der Waals surface area (Å²) in [5, 5.41) is 1.56. The summed E-state index contributed by atoms with van der Waals surface area (Å²) in [6, 6.07) is 13.1. The van der Waals surface area contributed by atoms with Crippen LogP contribution in [-0.4, -0.2) is 36.7 Å². The molecule has 0 atom stereocenters. The molecule has 0 aliphatic rings. The summed E-state index contributed by atoms with van der Waals surface area (Å²) in [7, 11) is -4.01. The lowest BCUT2D eigenvalue weighted by atomic mass is 10.2. The Morgan fingerprint density at radius 1 is 1.04 bits per heavy atom. The number of rotatable bonds is 5. The number of para-hydroxylation sites is 1. The first kappa shape index (κ1) is 16.1. The molecule has 0 saturated carbocycles. The Hall–Kier alpha value is -1.79. The third kappa shape index (κ3) is 4.14. The predicted molar refractivity (Wildman–Crippen MR) is 90.4 cm³/mol. The summed E-state index contributed by atoms with van der Waals surface area (Å²) >= 11 is 1.31. The molecule has 0 bridgehead atoms. The van der Waals surface area contributed by atoms with Crippen LogP contribution in [0.2, 0.25) is 0 Å². The Balaban J connectivity index is 1.99. The van der Waals surface area contributed by atoms with Gasteiger partial charge in [0, 0.05) is 17.3 Å². The van der Waals surface area contributed by atoms with Crippen LogP contribution >= 0.6 is 19.4 Å². The summed E-state index contributed by atoms with van der Waals surface area (Å²) in [5.74, 6) is 0.787. The van der Waals surface area contributed by atoms with E-state index in [1.807, 2.05) is 42.5 Å². The highest BCUT2D eigenvalue weighted by Crippen LogP contribution is 2.37. The first-order valence-electron chi connectivity index (χ1n) is 6.88. The molecule has 0 saturated heterocycles. The predicted octanol–water partition coefficient (Wildman–Crippen LogP) is 2.96. The third-order valence-electron chi connectivity index (χ3n) is 3.08. The third-order valence-corrected chi connectivity index (χ3v) is 5.19. The Labute approximate surface area is 137 Å². The van der Waals surface area contributed by atoms with Gasteiger partial charge < -0.3 is 9.79 Å². The number of aromatic nitrogens is 3. The molecule has 6 nitrogen and oxygen atoms in total. The van der Waals surface area contributed by atoms with Crippen LogP contribution < -0.4 is 0 Å². The van der Waals surface area contributed by atoms with Crippen LogP contribution in [0.25, 0.3) is 22.4 Å². The van der Waals surface area contributed by atoms with E-state index in [0.717, 1.165) is 10.9 Å². The number of thioether (sulfide) groups is 1. The molecule has 0 amide bonds. The number of hydrogen-bond acceptors (Lipinski definition) is 5. The second-order valence-corrected chi connectivity index (χ2v) is 7.68. The van der Waals surface area contributed by atoms with E-state index in [1.165, 1.54) is 11.8 Å². The number of hydrogen-bond donors (Lipinski definition) is 2. The normalized spacial score (nSPS) is 11.7. The zero-order chi connectivity index (χ0) is 16.3. The van der Waals surface area contributed by atoms with Crippen molar-refractivity contribution in [3.05, 3.63) is 48.7 Å². The van der Waals surface area contributed by atoms with Gasteiger partial charge in [0.2, 0.25) is 0 Å². The van der Waals surface area contributed by atoms with Crippen LogP contribution in [-0.2, 0) is 4.57 Å². The van der Waals surface area contributed by atoms with Crippen molar-refractivity contribution in [2.45, 2.75) is 5.03 Å². The minimum absolute atomic E-state index is 0.186. The molecule has 8 heteroatoms. The molecule has 0 aliphatic heterocycles. The van der Waals surface area contributed by atoms with Crippen LogP contribution in [0.3, 0.4) is 0 Å². The van der Waals surface area contributed by atoms with Gasteiger partial charge in [0.05, 0.1) is 11.7 Å². The zero-order valence-corrected chi connectivity index (χ0v) is 13.7. The maximum absolute atomic E-state index is 11.0. The smallest absolute Gasteiger partial charge is 0.324 e. The van der Waals surface area contributed by atoms with Gasteiger partial charge in [-0.2, -0.15) is 0 Å². The second-order valence-electron chi connectivity index (χ2n) is 4.82. The molecule has 2 aromatic heterocycles. The van der Waals surface area contributed by atoms with E-state index in [1.54, 1.807) is 6.20 Å². The minimum atomic E-state index is -4.01. The fourth-order valence-electron chi connectivity index (χ4n) is 2.03. The van der Waals surface area contributed by atoms with E-state index in [9.17, 15) is 4.57 Å². The van der Waals surface area contributed by atoms with Crippen molar-refractivity contribution < 1.29 is 14.4 Å². The Bertz CT molecular complexity index is 870. The molecule has 0 fully saturated rings. The van der Waals surface area contributed by atoms with Crippen LogP contribution in [0.5, 0.6) is 0 Å². The zero-order valence-electron chi connectivity index (χ0n) is 12.0. The highest BCUT2D eigenvalue weighted by atomic mass is 32.2. The van der Waals surface area contributed by atoms with Crippen LogP contribution in [0, 0.1) is 0 Å². The Kier molecular flexibility index (Phi) is 4.73. The highest BCUT2D eigenvalue weighted by molar-refractivity contribution is 7.99. The van der Waals surface area contributed by atoms with E-state index < -0.39 is 7.60 Å². The summed E-state index contributed by atoms with van der Waals surface area (Å²) in [6.07, 6.45) is 1.49. The number of benzene rings is 1. The molecule has 118 valence electrons. The van der Waals surface area contributed by atoms with Gasteiger partial charge in [-0.15, -0.1) is 11.8 Å². The minimum Gasteiger partial charge on any atom is -0.324 e. The fraction of sp³-hybridized carbons (Fsp3) is 0.133. The lowest BCUT2D eigenvalue weighted by Gasteiger charge is -2.08. The van der Waals surface area contributed by atoms with Crippen LogP contribution in [0.4, 0.5) is 0 Å². The molecule has 0 spiro atoms. The molecule has 0 unspecified atom stereocenters. The molecule has 0 radical (unpaired) electrons. The lowest BCUT2D eigenvalue weighted by Crippen LogP contribution is -1.97. The van der Waals surface area contributed by atoms with Gasteiger partial charge >= 0.3 is 7.60 Å². The van der Waals surface area contributed by atoms with Crippen molar-refractivity contribution in [2.75, 3.05) is 11.9 Å². The standard InChI is InChI=1S/C15H14N3O3PS/c19-22(20,21)9-10-23-15-11-5-1-2-6-12(11)17-14(18-15)13-7-3-4-8-16-13/h1-8H,9-10H2,(H2,19,20,21). The number of nitrogens with zero attached hydrogens (tertiary/aromatic N) is 3. The molecule has 23 heavy (non-hydrogen) atoms. The maximum atomic E-state index is 11.0. The van der Waals surface area contributed by atoms with Crippen molar-refractivity contribution in [3.63, 3.8) is 0 Å². The quantitative estimate of drug-likeness (QED) is 0.416. The summed E-state index contributed by atoms with van der Waals surface area (Å²) in [5.41, 5.74) is 1.44. The van der Waals surface area contributed by atoms with Crippen molar-refractivity contribution in [1.82, 2.24) is 15.0 Å². The molecule has 2 N–H and O–H groups in total. The van der Waals surface area contributed by atoms with Crippen molar-refractivity contribution in [1.29, 1.82) is 0 Å². The van der Waals surface area contributed by atoms with Crippen molar-refractivity contribution in [3.8, 4) is 11.5 Å². The molecule has 3 rings (SSSR count).